The summed E-state index contributed by atoms with van der Waals surface area (Å²) >= 11 is 3.50. The number of nitrogens with one attached hydrogen (secondary N) is 3. The van der Waals surface area contributed by atoms with E-state index in [0.29, 0.717) is 12.1 Å². The first-order valence-corrected chi connectivity index (χ1v) is 10.0. The molecule has 6 nitrogen and oxygen atoms in total. The van der Waals surface area contributed by atoms with Crippen LogP contribution in [0.5, 0.6) is 5.75 Å². The summed E-state index contributed by atoms with van der Waals surface area (Å²) < 4.78 is 6.17. The maximum absolute atomic E-state index is 11.7. The van der Waals surface area contributed by atoms with Crippen LogP contribution in [-0.2, 0) is 13.0 Å². The fraction of sp³-hybridized carbons (Fsp3) is 0.333. The summed E-state index contributed by atoms with van der Waals surface area (Å²) in [5.74, 6) is 1.49. The zero-order valence-electron chi connectivity index (χ0n) is 16.9. The van der Waals surface area contributed by atoms with Crippen molar-refractivity contribution < 1.29 is 9.53 Å². The van der Waals surface area contributed by atoms with Gasteiger partial charge in [-0.2, -0.15) is 0 Å². The molecule has 29 heavy (non-hydrogen) atoms. The summed E-state index contributed by atoms with van der Waals surface area (Å²) in [6, 6.07) is 13.6. The van der Waals surface area contributed by atoms with Crippen LogP contribution >= 0.6 is 39.9 Å². The molecule has 0 unspecified atom stereocenters. The average Bonchev–Trinajstić information content (AvgIpc) is 2.71. The van der Waals surface area contributed by atoms with Gasteiger partial charge in [0, 0.05) is 25.7 Å². The Hall–Kier alpha value is -1.81. The van der Waals surface area contributed by atoms with Crippen LogP contribution in [0, 0.1) is 0 Å². The second-order valence-corrected chi connectivity index (χ2v) is 6.97. The van der Waals surface area contributed by atoms with E-state index in [1.165, 1.54) is 0 Å². The third-order valence-corrected chi connectivity index (χ3v) is 4.72. The lowest BCUT2D eigenvalue weighted by Gasteiger charge is -2.12. The lowest BCUT2D eigenvalue weighted by molar-refractivity contribution is 0.0963. The highest BCUT2D eigenvalue weighted by molar-refractivity contribution is 14.0. The monoisotopic (exact) mass is 574 g/mol. The number of hydrogen-bond donors (Lipinski definition) is 3. The molecule has 158 valence electrons. The van der Waals surface area contributed by atoms with Crippen molar-refractivity contribution >= 4 is 51.8 Å². The maximum Gasteiger partial charge on any atom is 0.251 e. The summed E-state index contributed by atoms with van der Waals surface area (Å²) in [5.41, 5.74) is 2.86. The molecule has 0 aromatic heterocycles. The van der Waals surface area contributed by atoms with E-state index < -0.39 is 0 Å². The van der Waals surface area contributed by atoms with Crippen LogP contribution in [0.4, 0.5) is 0 Å². The molecule has 8 heteroatoms. The number of amides is 1. The van der Waals surface area contributed by atoms with E-state index in [4.69, 9.17) is 4.74 Å². The van der Waals surface area contributed by atoms with Crippen molar-refractivity contribution in [1.29, 1.82) is 0 Å². The largest absolute Gasteiger partial charge is 0.496 e. The fourth-order valence-corrected chi connectivity index (χ4v) is 3.25. The molecule has 0 atom stereocenters. The first-order valence-electron chi connectivity index (χ1n) is 9.23. The zero-order valence-corrected chi connectivity index (χ0v) is 20.8. The smallest absolute Gasteiger partial charge is 0.251 e. The highest BCUT2D eigenvalue weighted by atomic mass is 127. The number of aliphatic imine (C=N–C) groups is 1. The normalized spacial score (nSPS) is 10.7. The van der Waals surface area contributed by atoms with Crippen LogP contribution in [0.15, 0.2) is 51.9 Å². The molecular weight excluding hydrogens is 547 g/mol. The number of ether oxygens (including phenoxy) is 1. The Kier molecular flexibility index (Phi) is 11.7. The van der Waals surface area contributed by atoms with Gasteiger partial charge in [-0.05, 0) is 64.7 Å². The van der Waals surface area contributed by atoms with Gasteiger partial charge in [0.1, 0.15) is 5.75 Å². The standard InChI is InChI=1S/C21H27BrN4O2.HI/c1-4-24-21(26-14-16-8-9-19(28-3)18(22)13-16)25-11-10-15-6-5-7-17(12-15)20(27)23-2;/h5-9,12-13H,4,10-11,14H2,1-3H3,(H,23,27)(H2,24,25,26);1H. The Morgan fingerprint density at radius 2 is 1.93 bits per heavy atom. The quantitative estimate of drug-likeness (QED) is 0.255. The Labute approximate surface area is 198 Å². The Morgan fingerprint density at radius 3 is 2.59 bits per heavy atom. The van der Waals surface area contributed by atoms with E-state index in [1.54, 1.807) is 14.2 Å². The molecule has 0 aliphatic rings. The van der Waals surface area contributed by atoms with Gasteiger partial charge in [-0.3, -0.25) is 4.79 Å². The number of guanidine groups is 1. The van der Waals surface area contributed by atoms with Crippen LogP contribution in [0.25, 0.3) is 0 Å². The first kappa shape index (κ1) is 25.2. The number of benzene rings is 2. The second-order valence-electron chi connectivity index (χ2n) is 6.12. The molecule has 0 radical (unpaired) electrons. The van der Waals surface area contributed by atoms with Gasteiger partial charge in [0.25, 0.3) is 5.91 Å². The van der Waals surface area contributed by atoms with Gasteiger partial charge in [0.2, 0.25) is 0 Å². The van der Waals surface area contributed by atoms with Gasteiger partial charge in [-0.15, -0.1) is 24.0 Å². The van der Waals surface area contributed by atoms with Crippen LogP contribution in [0.1, 0.15) is 28.4 Å². The number of rotatable bonds is 8. The van der Waals surface area contributed by atoms with Crippen LogP contribution in [0.3, 0.4) is 0 Å². The Balaban J connectivity index is 0.00000420. The van der Waals surface area contributed by atoms with Crippen LogP contribution < -0.4 is 20.7 Å². The van der Waals surface area contributed by atoms with E-state index in [1.807, 2.05) is 49.4 Å². The minimum absolute atomic E-state index is 0. The number of methoxy groups -OCH3 is 1. The van der Waals surface area contributed by atoms with E-state index >= 15 is 0 Å². The summed E-state index contributed by atoms with van der Waals surface area (Å²) in [6.45, 7) is 4.09. The molecule has 0 aliphatic carbocycles. The number of halogens is 2. The molecule has 0 fully saturated rings. The molecule has 0 aliphatic heterocycles. The number of carbonyl (C=O) groups is 1. The van der Waals surface area contributed by atoms with Crippen molar-refractivity contribution in [2.24, 2.45) is 4.99 Å². The predicted octanol–water partition coefficient (Wildman–Crippen LogP) is 3.73. The Morgan fingerprint density at radius 1 is 1.14 bits per heavy atom. The number of hydrogen-bond acceptors (Lipinski definition) is 3. The number of carbonyl (C=O) groups excluding carboxylic acids is 1. The van der Waals surface area contributed by atoms with E-state index in [9.17, 15) is 4.79 Å². The van der Waals surface area contributed by atoms with Gasteiger partial charge in [0.15, 0.2) is 5.96 Å². The maximum atomic E-state index is 11.7. The molecule has 0 heterocycles. The van der Waals surface area contributed by atoms with E-state index in [0.717, 1.165) is 46.8 Å². The van der Waals surface area contributed by atoms with Gasteiger partial charge < -0.3 is 20.7 Å². The fourth-order valence-electron chi connectivity index (χ4n) is 2.66. The minimum atomic E-state index is -0.0737. The molecule has 0 saturated heterocycles. The van der Waals surface area contributed by atoms with Gasteiger partial charge in [-0.1, -0.05) is 18.2 Å². The minimum Gasteiger partial charge on any atom is -0.496 e. The molecule has 3 N–H and O–H groups in total. The van der Waals surface area contributed by atoms with Crippen molar-refractivity contribution in [1.82, 2.24) is 16.0 Å². The second kappa shape index (κ2) is 13.4. The SMILES string of the molecule is CCNC(=NCc1ccc(OC)c(Br)c1)NCCc1cccc(C(=O)NC)c1.I. The zero-order chi connectivity index (χ0) is 20.4. The Bertz CT molecular complexity index is 830. The van der Waals surface area contributed by atoms with Gasteiger partial charge in [-0.25, -0.2) is 4.99 Å². The van der Waals surface area contributed by atoms with Crippen LogP contribution in [-0.4, -0.2) is 39.1 Å². The summed E-state index contributed by atoms with van der Waals surface area (Å²) in [7, 11) is 3.28. The molecule has 2 aromatic carbocycles. The third kappa shape index (κ3) is 8.22. The summed E-state index contributed by atoms with van der Waals surface area (Å²) in [5, 5.41) is 9.24. The lowest BCUT2D eigenvalue weighted by Crippen LogP contribution is -2.38. The lowest BCUT2D eigenvalue weighted by atomic mass is 10.1. The van der Waals surface area contributed by atoms with Gasteiger partial charge >= 0.3 is 0 Å². The molecule has 2 aromatic rings. The van der Waals surface area contributed by atoms with E-state index in [-0.39, 0.29) is 29.9 Å². The van der Waals surface area contributed by atoms with Crippen molar-refractivity contribution in [3.63, 3.8) is 0 Å². The molecule has 1 amide bonds. The van der Waals surface area contributed by atoms with Crippen LogP contribution in [0.2, 0.25) is 0 Å². The topological polar surface area (TPSA) is 74.8 Å². The van der Waals surface area contributed by atoms with E-state index in [2.05, 4.69) is 36.9 Å². The third-order valence-electron chi connectivity index (χ3n) is 4.10. The molecule has 0 spiro atoms. The summed E-state index contributed by atoms with van der Waals surface area (Å²) in [6.07, 6.45) is 0.795. The number of nitrogens with zero attached hydrogens (tertiary/aromatic N) is 1. The molecule has 0 bridgehead atoms. The van der Waals surface area contributed by atoms with Crippen molar-refractivity contribution in [2.45, 2.75) is 19.9 Å². The predicted molar refractivity (Wildman–Crippen MR) is 132 cm³/mol. The van der Waals surface area contributed by atoms with Crippen molar-refractivity contribution in [3.8, 4) is 5.75 Å². The van der Waals surface area contributed by atoms with Gasteiger partial charge in [0.05, 0.1) is 18.1 Å². The highest BCUT2D eigenvalue weighted by Crippen LogP contribution is 2.25. The van der Waals surface area contributed by atoms with Crippen molar-refractivity contribution in [3.05, 3.63) is 63.6 Å². The highest BCUT2D eigenvalue weighted by Gasteiger charge is 2.05. The molecule has 2 rings (SSSR count). The first-order chi connectivity index (χ1) is 13.6. The summed E-state index contributed by atoms with van der Waals surface area (Å²) in [4.78, 5) is 16.4. The average molecular weight is 575 g/mol. The molecule has 0 saturated carbocycles. The molecular formula is C21H28BrIN4O2. The van der Waals surface area contributed by atoms with Crippen molar-refractivity contribution in [2.75, 3.05) is 27.2 Å².